The van der Waals surface area contributed by atoms with E-state index in [1.807, 2.05) is 30.3 Å². The van der Waals surface area contributed by atoms with Crippen LogP contribution in [0.1, 0.15) is 49.5 Å². The van der Waals surface area contributed by atoms with Gasteiger partial charge in [0.25, 0.3) is 0 Å². The van der Waals surface area contributed by atoms with Gasteiger partial charge >= 0.3 is 0 Å². The molecule has 0 aliphatic heterocycles. The molecular weight excluding hydrogens is 356 g/mol. The van der Waals surface area contributed by atoms with Gasteiger partial charge in [-0.2, -0.15) is 0 Å². The van der Waals surface area contributed by atoms with Crippen LogP contribution in [0.15, 0.2) is 63.9 Å². The molecule has 1 atom stereocenters. The van der Waals surface area contributed by atoms with Crippen molar-refractivity contribution in [3.63, 3.8) is 0 Å². The van der Waals surface area contributed by atoms with Crippen molar-refractivity contribution < 1.29 is 14.6 Å². The summed E-state index contributed by atoms with van der Waals surface area (Å²) in [6.45, 7) is 5.94. The molecule has 1 aromatic carbocycles. The van der Waals surface area contributed by atoms with Gasteiger partial charge in [-0.05, 0) is 28.7 Å². The molecule has 0 amide bonds. The standard InChI is InChI=1S/C22H24N2O4/c1-22(2,3)15-9-7-14(8-10-15)19(24-18-6-4-5-11-23-18)21-20(27)17(26)12-16(13-25)28-21/h4-12,19,25,27H,13H2,1-3H3,(H,23,24). The number of hydrogen-bond donors (Lipinski definition) is 3. The smallest absolute Gasteiger partial charge is 0.227 e. The van der Waals surface area contributed by atoms with Crippen molar-refractivity contribution in [3.05, 3.63) is 87.6 Å². The molecule has 0 aliphatic carbocycles. The highest BCUT2D eigenvalue weighted by molar-refractivity contribution is 5.46. The fourth-order valence-corrected chi connectivity index (χ4v) is 2.90. The summed E-state index contributed by atoms with van der Waals surface area (Å²) in [7, 11) is 0. The maximum Gasteiger partial charge on any atom is 0.227 e. The molecule has 0 aliphatic rings. The molecule has 2 heterocycles. The van der Waals surface area contributed by atoms with Crippen molar-refractivity contribution in [2.24, 2.45) is 0 Å². The third-order valence-corrected chi connectivity index (χ3v) is 4.49. The Kier molecular flexibility index (Phi) is 5.51. The van der Waals surface area contributed by atoms with Crippen LogP contribution in [-0.2, 0) is 12.0 Å². The van der Waals surface area contributed by atoms with Crippen molar-refractivity contribution >= 4 is 5.82 Å². The van der Waals surface area contributed by atoms with Crippen molar-refractivity contribution in [2.45, 2.75) is 38.8 Å². The van der Waals surface area contributed by atoms with Gasteiger partial charge in [-0.25, -0.2) is 4.98 Å². The minimum atomic E-state index is -0.664. The Morgan fingerprint density at radius 3 is 2.43 bits per heavy atom. The Hall–Kier alpha value is -3.12. The zero-order valence-corrected chi connectivity index (χ0v) is 16.1. The van der Waals surface area contributed by atoms with E-state index >= 15 is 0 Å². The molecule has 1 unspecified atom stereocenters. The third kappa shape index (κ3) is 4.23. The summed E-state index contributed by atoms with van der Waals surface area (Å²) in [6, 6.07) is 13.7. The van der Waals surface area contributed by atoms with Crippen LogP contribution in [0.25, 0.3) is 0 Å². The Labute approximate surface area is 163 Å². The van der Waals surface area contributed by atoms with E-state index in [1.54, 1.807) is 18.3 Å². The van der Waals surface area contributed by atoms with Gasteiger partial charge < -0.3 is 19.9 Å². The highest BCUT2D eigenvalue weighted by atomic mass is 16.4. The van der Waals surface area contributed by atoms with E-state index in [2.05, 4.69) is 31.1 Å². The number of aromatic nitrogens is 1. The number of nitrogens with one attached hydrogen (secondary N) is 1. The van der Waals surface area contributed by atoms with Crippen LogP contribution >= 0.6 is 0 Å². The maximum atomic E-state index is 12.1. The first kappa shape index (κ1) is 19.6. The fourth-order valence-electron chi connectivity index (χ4n) is 2.90. The average molecular weight is 380 g/mol. The van der Waals surface area contributed by atoms with Crippen LogP contribution < -0.4 is 10.7 Å². The van der Waals surface area contributed by atoms with Crippen LogP contribution in [0.5, 0.6) is 5.75 Å². The molecule has 28 heavy (non-hydrogen) atoms. The van der Waals surface area contributed by atoms with E-state index in [-0.39, 0.29) is 16.9 Å². The van der Waals surface area contributed by atoms with Crippen molar-refractivity contribution in [3.8, 4) is 5.75 Å². The van der Waals surface area contributed by atoms with Crippen LogP contribution in [0.3, 0.4) is 0 Å². The van der Waals surface area contributed by atoms with Gasteiger partial charge in [0.1, 0.15) is 24.2 Å². The zero-order valence-electron chi connectivity index (χ0n) is 16.1. The zero-order chi connectivity index (χ0) is 20.3. The molecule has 0 fully saturated rings. The Balaban J connectivity index is 2.11. The first-order chi connectivity index (χ1) is 13.3. The van der Waals surface area contributed by atoms with Crippen molar-refractivity contribution in [1.29, 1.82) is 0 Å². The van der Waals surface area contributed by atoms with Gasteiger partial charge in [0.2, 0.25) is 11.2 Å². The minimum Gasteiger partial charge on any atom is -0.502 e. The number of aromatic hydroxyl groups is 1. The molecular formula is C22H24N2O4. The van der Waals surface area contributed by atoms with Gasteiger partial charge in [0.05, 0.1) is 0 Å². The lowest BCUT2D eigenvalue weighted by molar-refractivity contribution is 0.234. The largest absolute Gasteiger partial charge is 0.502 e. The average Bonchev–Trinajstić information content (AvgIpc) is 2.68. The number of hydrogen-bond acceptors (Lipinski definition) is 6. The number of rotatable bonds is 5. The molecule has 3 rings (SSSR count). The van der Waals surface area contributed by atoms with E-state index in [9.17, 15) is 15.0 Å². The SMILES string of the molecule is CC(C)(C)c1ccc(C(Nc2ccccn2)c2oc(CO)cc(=O)c2O)cc1. The quantitative estimate of drug-likeness (QED) is 0.624. The van der Waals surface area contributed by atoms with Gasteiger partial charge in [-0.1, -0.05) is 51.1 Å². The summed E-state index contributed by atoms with van der Waals surface area (Å²) < 4.78 is 5.63. The number of aliphatic hydroxyl groups is 1. The number of aliphatic hydroxyl groups excluding tert-OH is 1. The van der Waals surface area contributed by atoms with Crippen LogP contribution in [0.2, 0.25) is 0 Å². The van der Waals surface area contributed by atoms with E-state index in [4.69, 9.17) is 4.42 Å². The summed E-state index contributed by atoms with van der Waals surface area (Å²) in [5.74, 6) is 0.178. The lowest BCUT2D eigenvalue weighted by Crippen LogP contribution is -2.17. The second kappa shape index (κ2) is 7.86. The maximum absolute atomic E-state index is 12.1. The second-order valence-corrected chi connectivity index (χ2v) is 7.61. The molecule has 0 radical (unpaired) electrons. The monoisotopic (exact) mass is 380 g/mol. The lowest BCUT2D eigenvalue weighted by Gasteiger charge is -2.23. The van der Waals surface area contributed by atoms with E-state index < -0.39 is 23.8 Å². The second-order valence-electron chi connectivity index (χ2n) is 7.61. The van der Waals surface area contributed by atoms with Crippen molar-refractivity contribution in [1.82, 2.24) is 4.98 Å². The Morgan fingerprint density at radius 2 is 1.86 bits per heavy atom. The number of anilines is 1. The molecule has 0 bridgehead atoms. The predicted octanol–water partition coefficient (Wildman–Crippen LogP) is 3.73. The highest BCUT2D eigenvalue weighted by Gasteiger charge is 2.24. The van der Waals surface area contributed by atoms with Gasteiger partial charge in [-0.15, -0.1) is 0 Å². The summed E-state index contributed by atoms with van der Waals surface area (Å²) in [6.07, 6.45) is 1.64. The number of pyridine rings is 1. The number of benzene rings is 1. The van der Waals surface area contributed by atoms with E-state index in [1.165, 1.54) is 0 Å². The van der Waals surface area contributed by atoms with Crippen LogP contribution in [0, 0.1) is 0 Å². The minimum absolute atomic E-state index is 0.00600. The fraction of sp³-hybridized carbons (Fsp3) is 0.273. The third-order valence-electron chi connectivity index (χ3n) is 4.49. The number of nitrogens with zero attached hydrogens (tertiary/aromatic N) is 1. The van der Waals surface area contributed by atoms with Crippen molar-refractivity contribution in [2.75, 3.05) is 5.32 Å². The Bertz CT molecular complexity index is 990. The normalized spacial score (nSPS) is 12.6. The summed E-state index contributed by atoms with van der Waals surface area (Å²) >= 11 is 0. The molecule has 3 aromatic rings. The summed E-state index contributed by atoms with van der Waals surface area (Å²) in [4.78, 5) is 16.4. The highest BCUT2D eigenvalue weighted by Crippen LogP contribution is 2.32. The molecule has 146 valence electrons. The van der Waals surface area contributed by atoms with E-state index in [0.29, 0.717) is 5.82 Å². The van der Waals surface area contributed by atoms with Gasteiger partial charge in [0.15, 0.2) is 5.76 Å². The van der Waals surface area contributed by atoms with Gasteiger partial charge in [0, 0.05) is 12.3 Å². The topological polar surface area (TPSA) is 95.6 Å². The van der Waals surface area contributed by atoms with Gasteiger partial charge in [-0.3, -0.25) is 4.79 Å². The van der Waals surface area contributed by atoms with Crippen LogP contribution in [0.4, 0.5) is 5.82 Å². The first-order valence-corrected chi connectivity index (χ1v) is 9.04. The molecule has 6 heteroatoms. The first-order valence-electron chi connectivity index (χ1n) is 9.04. The molecule has 6 nitrogen and oxygen atoms in total. The Morgan fingerprint density at radius 1 is 1.14 bits per heavy atom. The molecule has 0 saturated heterocycles. The molecule has 0 spiro atoms. The lowest BCUT2D eigenvalue weighted by atomic mass is 9.86. The predicted molar refractivity (Wildman–Crippen MR) is 107 cm³/mol. The molecule has 2 aromatic heterocycles. The molecule has 3 N–H and O–H groups in total. The summed E-state index contributed by atoms with van der Waals surface area (Å²) in [5.41, 5.74) is 1.33. The van der Waals surface area contributed by atoms with Crippen LogP contribution in [-0.4, -0.2) is 15.2 Å². The molecule has 0 saturated carbocycles. The summed E-state index contributed by atoms with van der Waals surface area (Å²) in [5, 5.41) is 23.0. The van der Waals surface area contributed by atoms with E-state index in [0.717, 1.165) is 17.2 Å².